The first-order valence-electron chi connectivity index (χ1n) is 8.77. The first-order valence-corrected chi connectivity index (χ1v) is 10.00. The van der Waals surface area contributed by atoms with Crippen LogP contribution in [0.3, 0.4) is 0 Å². The number of ketones is 1. The van der Waals surface area contributed by atoms with E-state index in [0.717, 1.165) is 16.1 Å². The Morgan fingerprint density at radius 3 is 2.86 bits per heavy atom. The van der Waals surface area contributed by atoms with Crippen LogP contribution < -0.4 is 15.6 Å². The van der Waals surface area contributed by atoms with E-state index in [0.29, 0.717) is 22.4 Å². The number of H-pyrrole nitrogens is 1. The number of Topliss-reactive ketones (excluding diaryl/α,β-unsaturated/α-hetero) is 1. The number of anilines is 1. The van der Waals surface area contributed by atoms with E-state index in [9.17, 15) is 14.4 Å². The van der Waals surface area contributed by atoms with E-state index in [1.807, 2.05) is 13.0 Å². The number of aromatic amines is 1. The molecule has 2 aromatic heterocycles. The molecule has 0 bridgehead atoms. The number of hydrogen-bond acceptors (Lipinski definition) is 6. The monoisotopic (exact) mass is 415 g/mol. The third-order valence-electron chi connectivity index (χ3n) is 4.61. The Morgan fingerprint density at radius 1 is 1.32 bits per heavy atom. The summed E-state index contributed by atoms with van der Waals surface area (Å²) in [6.07, 6.45) is 0.233. The first kappa shape index (κ1) is 18.6. The minimum atomic E-state index is -0.587. The molecule has 4 rings (SSSR count). The van der Waals surface area contributed by atoms with Gasteiger partial charge in [0, 0.05) is 10.4 Å². The number of benzene rings is 1. The van der Waals surface area contributed by atoms with Gasteiger partial charge in [-0.2, -0.15) is 0 Å². The third kappa shape index (κ3) is 3.16. The van der Waals surface area contributed by atoms with Crippen molar-refractivity contribution in [3.05, 3.63) is 49.8 Å². The van der Waals surface area contributed by atoms with E-state index in [1.165, 1.54) is 15.9 Å². The van der Waals surface area contributed by atoms with Gasteiger partial charge in [0.1, 0.15) is 10.6 Å². The molecule has 2 N–H and O–H groups in total. The maximum Gasteiger partial charge on any atom is 0.265 e. The lowest BCUT2D eigenvalue weighted by Gasteiger charge is -2.23. The van der Waals surface area contributed by atoms with Crippen LogP contribution in [-0.4, -0.2) is 27.3 Å². The Bertz CT molecular complexity index is 1240. The summed E-state index contributed by atoms with van der Waals surface area (Å²) < 4.78 is 6.97. The summed E-state index contributed by atoms with van der Waals surface area (Å²) in [6.45, 7) is 3.47. The fraction of sp³-hybridized carbons (Fsp3) is 0.263. The normalized spacial score (nSPS) is 15.8. The van der Waals surface area contributed by atoms with Gasteiger partial charge in [0.15, 0.2) is 16.7 Å². The number of rotatable bonds is 4. The summed E-state index contributed by atoms with van der Waals surface area (Å²) >= 11 is 6.78. The van der Waals surface area contributed by atoms with E-state index in [4.69, 9.17) is 17.0 Å². The molecule has 1 aromatic carbocycles. The minimum Gasteiger partial charge on any atom is -0.479 e. The summed E-state index contributed by atoms with van der Waals surface area (Å²) in [5, 5.41) is 3.25. The van der Waals surface area contributed by atoms with E-state index < -0.39 is 6.10 Å². The van der Waals surface area contributed by atoms with E-state index in [-0.39, 0.29) is 28.6 Å². The van der Waals surface area contributed by atoms with Gasteiger partial charge in [0.25, 0.3) is 11.5 Å². The van der Waals surface area contributed by atoms with Crippen molar-refractivity contribution in [3.8, 4) is 5.75 Å². The van der Waals surface area contributed by atoms with Gasteiger partial charge < -0.3 is 15.0 Å². The van der Waals surface area contributed by atoms with Gasteiger partial charge in [-0.1, -0.05) is 6.92 Å². The summed E-state index contributed by atoms with van der Waals surface area (Å²) in [6, 6.07) is 6.64. The molecule has 9 heteroatoms. The van der Waals surface area contributed by atoms with Crippen molar-refractivity contribution in [1.29, 1.82) is 0 Å². The van der Waals surface area contributed by atoms with Crippen molar-refractivity contribution in [2.24, 2.45) is 0 Å². The Hall–Kier alpha value is -2.78. The van der Waals surface area contributed by atoms with Gasteiger partial charge in [-0.15, -0.1) is 11.3 Å². The average Bonchev–Trinajstić information content (AvgIpc) is 3.08. The highest BCUT2D eigenvalue weighted by molar-refractivity contribution is 7.71. The number of carbonyl (C=O) groups excluding carboxylic acids is 2. The van der Waals surface area contributed by atoms with Gasteiger partial charge in [-0.05, 0) is 49.8 Å². The summed E-state index contributed by atoms with van der Waals surface area (Å²) in [5.74, 6) is -0.0575. The molecule has 0 fully saturated rings. The Kier molecular flexibility index (Phi) is 4.64. The van der Waals surface area contributed by atoms with Crippen LogP contribution in [0.2, 0.25) is 0 Å². The highest BCUT2D eigenvalue weighted by Gasteiger charge is 2.24. The zero-order valence-corrected chi connectivity index (χ0v) is 16.8. The van der Waals surface area contributed by atoms with Crippen molar-refractivity contribution in [3.63, 3.8) is 0 Å². The molecule has 1 unspecified atom stereocenters. The molecule has 3 heterocycles. The topological polar surface area (TPSA) is 93.2 Å². The predicted molar refractivity (Wildman–Crippen MR) is 110 cm³/mol. The largest absolute Gasteiger partial charge is 0.479 e. The maximum absolute atomic E-state index is 12.8. The summed E-state index contributed by atoms with van der Waals surface area (Å²) in [7, 11) is 0. The maximum atomic E-state index is 12.8. The quantitative estimate of drug-likeness (QED) is 0.504. The molecule has 1 atom stereocenters. The molecular formula is C19H17N3O4S2. The predicted octanol–water partition coefficient (Wildman–Crippen LogP) is 3.29. The Labute approximate surface area is 169 Å². The lowest BCUT2D eigenvalue weighted by atomic mass is 10.1. The molecule has 144 valence electrons. The molecule has 1 amide bonds. The molecule has 0 saturated carbocycles. The number of aryl methyl sites for hydroxylation is 1. The van der Waals surface area contributed by atoms with Crippen molar-refractivity contribution in [2.45, 2.75) is 32.9 Å². The molecule has 1 aliphatic rings. The van der Waals surface area contributed by atoms with Crippen LogP contribution in [0.1, 0.15) is 29.1 Å². The van der Waals surface area contributed by atoms with Crippen molar-refractivity contribution in [1.82, 2.24) is 9.55 Å². The molecule has 0 spiro atoms. The number of nitrogens with one attached hydrogen (secondary N) is 2. The fourth-order valence-electron chi connectivity index (χ4n) is 3.03. The van der Waals surface area contributed by atoms with Crippen LogP contribution in [0.4, 0.5) is 5.69 Å². The van der Waals surface area contributed by atoms with Gasteiger partial charge in [-0.3, -0.25) is 19.0 Å². The number of ether oxygens (including phenoxy) is 1. The number of carbonyl (C=O) groups is 2. The van der Waals surface area contributed by atoms with Crippen LogP contribution in [0.5, 0.6) is 5.75 Å². The van der Waals surface area contributed by atoms with E-state index in [1.54, 1.807) is 25.1 Å². The highest BCUT2D eigenvalue weighted by Crippen LogP contribution is 2.30. The fourth-order valence-corrected chi connectivity index (χ4v) is 4.33. The second-order valence-corrected chi connectivity index (χ2v) is 8.04. The Morgan fingerprint density at radius 2 is 2.11 bits per heavy atom. The molecule has 0 aliphatic carbocycles. The van der Waals surface area contributed by atoms with Gasteiger partial charge in [0.05, 0.1) is 17.6 Å². The minimum absolute atomic E-state index is 0.189. The number of fused-ring (bicyclic) bond motifs is 2. The van der Waals surface area contributed by atoms with Gasteiger partial charge >= 0.3 is 0 Å². The molecular weight excluding hydrogens is 398 g/mol. The standard InChI is InChI=1S/C19H17N3O4S2/c1-3-11-7-12-17(28-11)21-19(27)22(18(12)25)8-14(23)10-4-5-15-13(6-10)20-16(24)9(2)26-15/h4-7,9H,3,8H2,1-2H3,(H,20,24)(H,21,27). The zero-order valence-electron chi connectivity index (χ0n) is 15.2. The van der Waals surface area contributed by atoms with Crippen LogP contribution in [0, 0.1) is 4.77 Å². The highest BCUT2D eigenvalue weighted by atomic mass is 32.1. The second kappa shape index (κ2) is 6.99. The zero-order chi connectivity index (χ0) is 20.0. The van der Waals surface area contributed by atoms with Crippen LogP contribution in [-0.2, 0) is 17.8 Å². The SMILES string of the molecule is CCc1cc2c(=O)n(CC(=O)c3ccc4c(c3)NC(=O)C(C)O4)c(=S)[nH]c2s1. The number of aromatic nitrogens is 2. The summed E-state index contributed by atoms with van der Waals surface area (Å²) in [5.41, 5.74) is 0.511. The van der Waals surface area contributed by atoms with Crippen molar-refractivity contribution >= 4 is 51.1 Å². The molecule has 1 aliphatic heterocycles. The molecule has 28 heavy (non-hydrogen) atoms. The first-order chi connectivity index (χ1) is 13.4. The number of nitrogens with zero attached hydrogens (tertiary/aromatic N) is 1. The van der Waals surface area contributed by atoms with Gasteiger partial charge in [0.2, 0.25) is 0 Å². The second-order valence-electron chi connectivity index (χ2n) is 6.51. The number of amides is 1. The molecule has 0 radical (unpaired) electrons. The van der Waals surface area contributed by atoms with Crippen molar-refractivity contribution in [2.75, 3.05) is 5.32 Å². The smallest absolute Gasteiger partial charge is 0.265 e. The Balaban J connectivity index is 1.68. The van der Waals surface area contributed by atoms with Crippen LogP contribution in [0.15, 0.2) is 29.1 Å². The van der Waals surface area contributed by atoms with Crippen LogP contribution in [0.25, 0.3) is 10.2 Å². The summed E-state index contributed by atoms with van der Waals surface area (Å²) in [4.78, 5) is 42.2. The van der Waals surface area contributed by atoms with E-state index >= 15 is 0 Å². The number of hydrogen-bond donors (Lipinski definition) is 2. The molecule has 3 aromatic rings. The van der Waals surface area contributed by atoms with Crippen LogP contribution >= 0.6 is 23.6 Å². The average molecular weight is 415 g/mol. The molecule has 7 nitrogen and oxygen atoms in total. The molecule has 0 saturated heterocycles. The van der Waals surface area contributed by atoms with Crippen molar-refractivity contribution < 1.29 is 14.3 Å². The van der Waals surface area contributed by atoms with Gasteiger partial charge in [-0.25, -0.2) is 0 Å². The lowest BCUT2D eigenvalue weighted by molar-refractivity contribution is -0.122. The lowest BCUT2D eigenvalue weighted by Crippen LogP contribution is -2.34. The van der Waals surface area contributed by atoms with E-state index in [2.05, 4.69) is 10.3 Å². The number of thiophene rings is 1. The third-order valence-corrected chi connectivity index (χ3v) is 6.12.